The minimum absolute atomic E-state index is 1.01. The van der Waals surface area contributed by atoms with Crippen molar-refractivity contribution in [2.45, 2.75) is 13.3 Å². The van der Waals surface area contributed by atoms with E-state index in [1.807, 2.05) is 0 Å². The van der Waals surface area contributed by atoms with E-state index in [2.05, 4.69) is 143 Å². The minimum atomic E-state index is 1.01. The maximum atomic E-state index is 2.46. The van der Waals surface area contributed by atoms with Gasteiger partial charge >= 0.3 is 0 Å². The summed E-state index contributed by atoms with van der Waals surface area (Å²) in [6, 6.07) is 47.1. The fourth-order valence-electron chi connectivity index (χ4n) is 7.02. The first-order chi connectivity index (χ1) is 19.8. The van der Waals surface area contributed by atoms with Gasteiger partial charge in [-0.05, 0) is 84.1 Å². The minimum Gasteiger partial charge on any atom is -0.309 e. The van der Waals surface area contributed by atoms with Crippen LogP contribution in [0, 0.1) is 6.92 Å². The quantitative estimate of drug-likeness (QED) is 0.219. The van der Waals surface area contributed by atoms with E-state index in [9.17, 15) is 0 Å². The summed E-state index contributed by atoms with van der Waals surface area (Å²) in [6.07, 6.45) is 1.01. The van der Waals surface area contributed by atoms with Crippen molar-refractivity contribution in [2.75, 3.05) is 0 Å². The second-order valence-electron chi connectivity index (χ2n) is 11.1. The first-order valence-corrected chi connectivity index (χ1v) is 14.0. The van der Waals surface area contributed by atoms with Crippen LogP contribution < -0.4 is 0 Å². The van der Waals surface area contributed by atoms with E-state index in [1.54, 1.807) is 0 Å². The highest BCUT2D eigenvalue weighted by Crippen LogP contribution is 2.43. The first-order valence-electron chi connectivity index (χ1n) is 14.0. The molecule has 6 aromatic carbocycles. The molecule has 0 fully saturated rings. The van der Waals surface area contributed by atoms with Crippen LogP contribution in [0.25, 0.3) is 66.1 Å². The molecule has 1 aliphatic rings. The number of nitrogens with zero attached hydrogens (tertiary/aromatic N) is 2. The highest BCUT2D eigenvalue weighted by atomic mass is 15.0. The number of aryl methyl sites for hydroxylation is 1. The molecule has 0 aliphatic heterocycles. The summed E-state index contributed by atoms with van der Waals surface area (Å²) in [4.78, 5) is 0. The SMILES string of the molecule is Cc1ccc(-n2c3ccccc3c3c4c5ccccc5n(-c5ccc6c(c5)-c5ccccc5C6)c4ccc32)cc1. The average molecular weight is 511 g/mol. The van der Waals surface area contributed by atoms with Crippen LogP contribution in [0.1, 0.15) is 16.7 Å². The predicted molar refractivity (Wildman–Crippen MR) is 168 cm³/mol. The van der Waals surface area contributed by atoms with Crippen LogP contribution in [-0.4, -0.2) is 9.13 Å². The van der Waals surface area contributed by atoms with Gasteiger partial charge in [-0.3, -0.25) is 0 Å². The molecule has 0 spiro atoms. The van der Waals surface area contributed by atoms with E-state index in [4.69, 9.17) is 0 Å². The molecule has 2 heterocycles. The first kappa shape index (κ1) is 21.8. The summed E-state index contributed by atoms with van der Waals surface area (Å²) in [5.74, 6) is 0. The largest absolute Gasteiger partial charge is 0.309 e. The number of fused-ring (bicyclic) bond motifs is 10. The Morgan fingerprint density at radius 2 is 1.00 bits per heavy atom. The van der Waals surface area contributed by atoms with Crippen molar-refractivity contribution in [3.05, 3.63) is 144 Å². The molecule has 0 bridgehead atoms. The molecule has 40 heavy (non-hydrogen) atoms. The summed E-state index contributed by atoms with van der Waals surface area (Å²) in [5.41, 5.74) is 14.2. The van der Waals surface area contributed by atoms with Gasteiger partial charge in [-0.2, -0.15) is 0 Å². The lowest BCUT2D eigenvalue weighted by Gasteiger charge is -2.11. The van der Waals surface area contributed by atoms with Crippen LogP contribution in [0.5, 0.6) is 0 Å². The number of para-hydroxylation sites is 2. The zero-order valence-corrected chi connectivity index (χ0v) is 22.2. The summed E-state index contributed by atoms with van der Waals surface area (Å²) in [5, 5.41) is 5.21. The maximum absolute atomic E-state index is 2.46. The van der Waals surface area contributed by atoms with Crippen molar-refractivity contribution in [1.82, 2.24) is 9.13 Å². The van der Waals surface area contributed by atoms with Gasteiger partial charge in [-0.15, -0.1) is 0 Å². The van der Waals surface area contributed by atoms with E-state index in [0.717, 1.165) is 6.42 Å². The molecular formula is C38H26N2. The molecular weight excluding hydrogens is 484 g/mol. The third-order valence-corrected chi connectivity index (χ3v) is 8.80. The van der Waals surface area contributed by atoms with Crippen molar-refractivity contribution in [3.8, 4) is 22.5 Å². The fourth-order valence-corrected chi connectivity index (χ4v) is 7.02. The zero-order valence-electron chi connectivity index (χ0n) is 22.2. The summed E-state index contributed by atoms with van der Waals surface area (Å²) in [6.45, 7) is 2.14. The molecule has 0 unspecified atom stereocenters. The van der Waals surface area contributed by atoms with Crippen LogP contribution in [0.3, 0.4) is 0 Å². The van der Waals surface area contributed by atoms with Gasteiger partial charge in [0.25, 0.3) is 0 Å². The molecule has 9 rings (SSSR count). The smallest absolute Gasteiger partial charge is 0.0548 e. The highest BCUT2D eigenvalue weighted by Gasteiger charge is 2.22. The van der Waals surface area contributed by atoms with Crippen molar-refractivity contribution < 1.29 is 0 Å². The molecule has 0 atom stereocenters. The Bertz CT molecular complexity index is 2290. The molecule has 0 amide bonds. The van der Waals surface area contributed by atoms with Gasteiger partial charge in [0.15, 0.2) is 0 Å². The lowest BCUT2D eigenvalue weighted by atomic mass is 10.0. The van der Waals surface area contributed by atoms with Crippen LogP contribution in [0.4, 0.5) is 0 Å². The van der Waals surface area contributed by atoms with Gasteiger partial charge in [0.2, 0.25) is 0 Å². The molecule has 0 radical (unpaired) electrons. The number of benzene rings is 6. The molecule has 0 N–H and O–H groups in total. The van der Waals surface area contributed by atoms with Gasteiger partial charge in [-0.1, -0.05) is 84.4 Å². The molecule has 2 heteroatoms. The average Bonchev–Trinajstić information content (AvgIpc) is 3.65. The van der Waals surface area contributed by atoms with E-state index < -0.39 is 0 Å². The standard InChI is InChI=1S/C38H26N2/c1-24-14-17-27(18-15-24)39-33-12-6-4-10-30(33)37-35(39)20-21-36-38(37)31-11-5-7-13-34(31)40(36)28-19-16-26-22-25-8-2-3-9-29(25)32(26)23-28/h2-21,23H,22H2,1H3. The van der Waals surface area contributed by atoms with Crippen molar-refractivity contribution >= 4 is 43.6 Å². The Morgan fingerprint density at radius 3 is 1.70 bits per heavy atom. The summed E-state index contributed by atoms with van der Waals surface area (Å²) in [7, 11) is 0. The van der Waals surface area contributed by atoms with Crippen molar-refractivity contribution in [3.63, 3.8) is 0 Å². The van der Waals surface area contributed by atoms with Crippen LogP contribution in [0.2, 0.25) is 0 Å². The molecule has 0 saturated heterocycles. The second-order valence-corrected chi connectivity index (χ2v) is 11.1. The molecule has 2 aromatic heterocycles. The predicted octanol–water partition coefficient (Wildman–Crippen LogP) is 9.76. The Morgan fingerprint density at radius 1 is 0.450 bits per heavy atom. The second kappa shape index (κ2) is 7.97. The Hall–Kier alpha value is -5.08. The Kier molecular flexibility index (Phi) is 4.34. The molecule has 0 saturated carbocycles. The van der Waals surface area contributed by atoms with E-state index >= 15 is 0 Å². The van der Waals surface area contributed by atoms with Crippen LogP contribution in [-0.2, 0) is 6.42 Å². The number of hydrogen-bond donors (Lipinski definition) is 0. The highest BCUT2D eigenvalue weighted by molar-refractivity contribution is 6.28. The third kappa shape index (κ3) is 2.88. The van der Waals surface area contributed by atoms with E-state index in [-0.39, 0.29) is 0 Å². The van der Waals surface area contributed by atoms with Gasteiger partial charge < -0.3 is 9.13 Å². The molecule has 2 nitrogen and oxygen atoms in total. The zero-order chi connectivity index (χ0) is 26.4. The monoisotopic (exact) mass is 510 g/mol. The van der Waals surface area contributed by atoms with E-state index in [0.29, 0.717) is 0 Å². The van der Waals surface area contributed by atoms with Gasteiger partial charge in [0.1, 0.15) is 0 Å². The topological polar surface area (TPSA) is 9.86 Å². The molecule has 188 valence electrons. The molecule has 8 aromatic rings. The number of aromatic nitrogens is 2. The number of rotatable bonds is 2. The maximum Gasteiger partial charge on any atom is 0.0548 e. The fraction of sp³-hybridized carbons (Fsp3) is 0.0526. The lowest BCUT2D eigenvalue weighted by molar-refractivity contribution is 1.16. The van der Waals surface area contributed by atoms with Gasteiger partial charge in [-0.25, -0.2) is 0 Å². The Balaban J connectivity index is 1.40. The lowest BCUT2D eigenvalue weighted by Crippen LogP contribution is -1.95. The van der Waals surface area contributed by atoms with Gasteiger partial charge in [0, 0.05) is 32.9 Å². The van der Waals surface area contributed by atoms with E-state index in [1.165, 1.54) is 82.8 Å². The Labute approximate surface area is 232 Å². The summed E-state index contributed by atoms with van der Waals surface area (Å²) < 4.78 is 4.88. The van der Waals surface area contributed by atoms with Gasteiger partial charge in [0.05, 0.1) is 22.1 Å². The third-order valence-electron chi connectivity index (χ3n) is 8.80. The molecule has 1 aliphatic carbocycles. The van der Waals surface area contributed by atoms with Crippen LogP contribution in [0.15, 0.2) is 127 Å². The van der Waals surface area contributed by atoms with Crippen LogP contribution >= 0.6 is 0 Å². The van der Waals surface area contributed by atoms with Crippen molar-refractivity contribution in [1.29, 1.82) is 0 Å². The number of hydrogen-bond acceptors (Lipinski definition) is 0. The summed E-state index contributed by atoms with van der Waals surface area (Å²) >= 11 is 0. The normalized spacial score (nSPS) is 12.5. The van der Waals surface area contributed by atoms with Crippen molar-refractivity contribution in [2.24, 2.45) is 0 Å².